The summed E-state index contributed by atoms with van der Waals surface area (Å²) >= 11 is 0. The molecule has 0 bridgehead atoms. The summed E-state index contributed by atoms with van der Waals surface area (Å²) in [6.45, 7) is 0. The van der Waals surface area contributed by atoms with Crippen molar-refractivity contribution in [2.45, 2.75) is 18.5 Å². The Bertz CT molecular complexity index is 1160. The monoisotopic (exact) mass is 448 g/mol. The number of carbonyl (C=O) groups excluding carboxylic acids is 1. The van der Waals surface area contributed by atoms with Crippen LogP contribution >= 0.6 is 0 Å². The molecule has 2 atom stereocenters. The highest BCUT2D eigenvalue weighted by molar-refractivity contribution is 6.05. The minimum absolute atomic E-state index is 0.0971. The average molecular weight is 448 g/mol. The Labute approximate surface area is 179 Å². The van der Waals surface area contributed by atoms with Crippen LogP contribution in [0.4, 0.5) is 17.6 Å². The van der Waals surface area contributed by atoms with Gasteiger partial charge in [-0.25, -0.2) is 4.39 Å². The van der Waals surface area contributed by atoms with Gasteiger partial charge in [-0.05, 0) is 54.3 Å². The minimum atomic E-state index is -4.73. The maximum Gasteiger partial charge on any atom is 0.416 e. The minimum Gasteiger partial charge on any atom is -0.508 e. The van der Waals surface area contributed by atoms with Gasteiger partial charge in [-0.2, -0.15) is 13.2 Å². The van der Waals surface area contributed by atoms with Gasteiger partial charge in [0.05, 0.1) is 5.56 Å². The molecule has 32 heavy (non-hydrogen) atoms. The van der Waals surface area contributed by atoms with Crippen molar-refractivity contribution in [2.24, 2.45) is 5.92 Å². The Kier molecular flexibility index (Phi) is 5.20. The number of ketones is 1. The molecule has 3 N–H and O–H groups in total. The van der Waals surface area contributed by atoms with Crippen molar-refractivity contribution in [1.82, 2.24) is 0 Å². The van der Waals surface area contributed by atoms with E-state index in [2.05, 4.69) is 0 Å². The smallest absolute Gasteiger partial charge is 0.416 e. The standard InChI is InChI=1S/C23H16F4O5/c24-11-1-3-13(4-2-11)32-14-5-6-15(18(9-14)23(25,26)27)16-10-17(16)22(31)21-19(29)7-12(28)8-20(21)30/h1-9,16-17,28-30H,10H2. The Hall–Kier alpha value is -3.75. The lowest BCUT2D eigenvalue weighted by molar-refractivity contribution is -0.138. The predicted octanol–water partition coefficient (Wildman–Crippen LogP) is 5.74. The molecule has 1 aliphatic rings. The van der Waals surface area contributed by atoms with E-state index in [4.69, 9.17) is 4.74 Å². The van der Waals surface area contributed by atoms with Crippen LogP contribution in [-0.4, -0.2) is 21.1 Å². The number of halogens is 4. The van der Waals surface area contributed by atoms with Crippen molar-refractivity contribution < 1.29 is 42.4 Å². The van der Waals surface area contributed by atoms with E-state index < -0.39 is 58.0 Å². The lowest BCUT2D eigenvalue weighted by atomic mass is 9.97. The Balaban J connectivity index is 1.61. The van der Waals surface area contributed by atoms with E-state index in [1.165, 1.54) is 24.3 Å². The molecule has 0 saturated heterocycles. The SMILES string of the molecule is O=C(c1c(O)cc(O)cc1O)C1CC1c1ccc(Oc2ccc(F)cc2)cc1C(F)(F)F. The fraction of sp³-hybridized carbons (Fsp3) is 0.174. The fourth-order valence-electron chi connectivity index (χ4n) is 3.67. The molecule has 3 aromatic rings. The highest BCUT2D eigenvalue weighted by Crippen LogP contribution is 2.54. The van der Waals surface area contributed by atoms with Crippen molar-refractivity contribution in [3.63, 3.8) is 0 Å². The first kappa shape index (κ1) is 21.5. The lowest BCUT2D eigenvalue weighted by Gasteiger charge is -2.15. The van der Waals surface area contributed by atoms with Gasteiger partial charge in [-0.15, -0.1) is 0 Å². The molecular weight excluding hydrogens is 432 g/mol. The van der Waals surface area contributed by atoms with Crippen LogP contribution in [0.5, 0.6) is 28.7 Å². The third-order valence-corrected chi connectivity index (χ3v) is 5.23. The van der Waals surface area contributed by atoms with Crippen LogP contribution in [0.15, 0.2) is 54.6 Å². The quantitative estimate of drug-likeness (QED) is 0.342. The summed E-state index contributed by atoms with van der Waals surface area (Å²) in [6, 6.07) is 9.88. The second-order valence-electron chi connectivity index (χ2n) is 7.47. The van der Waals surface area contributed by atoms with Crippen LogP contribution in [0.25, 0.3) is 0 Å². The zero-order valence-electron chi connectivity index (χ0n) is 16.2. The summed E-state index contributed by atoms with van der Waals surface area (Å²) < 4.78 is 59.6. The van der Waals surface area contributed by atoms with Gasteiger partial charge in [0.15, 0.2) is 5.78 Å². The van der Waals surface area contributed by atoms with Crippen LogP contribution in [0.1, 0.15) is 33.8 Å². The Morgan fingerprint density at radius 1 is 0.906 bits per heavy atom. The van der Waals surface area contributed by atoms with Crippen molar-refractivity contribution in [2.75, 3.05) is 0 Å². The second kappa shape index (κ2) is 7.74. The Morgan fingerprint density at radius 3 is 2.09 bits per heavy atom. The summed E-state index contributed by atoms with van der Waals surface area (Å²) in [4.78, 5) is 12.7. The number of ether oxygens (including phenoxy) is 1. The predicted molar refractivity (Wildman–Crippen MR) is 105 cm³/mol. The molecule has 0 amide bonds. The molecule has 3 aromatic carbocycles. The van der Waals surface area contributed by atoms with Crippen molar-refractivity contribution in [3.05, 3.63) is 77.1 Å². The van der Waals surface area contributed by atoms with E-state index in [1.54, 1.807) is 0 Å². The number of phenolic OH excluding ortho intramolecular Hbond substituents is 3. The van der Waals surface area contributed by atoms with Gasteiger partial charge in [0, 0.05) is 18.1 Å². The van der Waals surface area contributed by atoms with Gasteiger partial charge < -0.3 is 20.1 Å². The molecule has 0 aromatic heterocycles. The second-order valence-corrected chi connectivity index (χ2v) is 7.47. The molecule has 2 unspecified atom stereocenters. The van der Waals surface area contributed by atoms with Crippen molar-refractivity contribution >= 4 is 5.78 Å². The fourth-order valence-corrected chi connectivity index (χ4v) is 3.67. The van der Waals surface area contributed by atoms with Crippen LogP contribution < -0.4 is 4.74 Å². The summed E-state index contributed by atoms with van der Waals surface area (Å²) in [7, 11) is 0. The van der Waals surface area contributed by atoms with Crippen molar-refractivity contribution in [1.29, 1.82) is 0 Å². The largest absolute Gasteiger partial charge is 0.508 e. The van der Waals surface area contributed by atoms with Crippen molar-refractivity contribution in [3.8, 4) is 28.7 Å². The zero-order valence-corrected chi connectivity index (χ0v) is 16.2. The number of rotatable bonds is 5. The molecule has 0 spiro atoms. The van der Waals surface area contributed by atoms with E-state index >= 15 is 0 Å². The molecule has 0 heterocycles. The number of benzene rings is 3. The zero-order chi connectivity index (χ0) is 23.2. The van der Waals surface area contributed by atoms with Gasteiger partial charge in [-0.1, -0.05) is 6.07 Å². The lowest BCUT2D eigenvalue weighted by Crippen LogP contribution is -2.11. The highest BCUT2D eigenvalue weighted by Gasteiger charge is 2.49. The van der Waals surface area contributed by atoms with Gasteiger partial charge in [0.2, 0.25) is 0 Å². The number of aromatic hydroxyl groups is 3. The third-order valence-electron chi connectivity index (χ3n) is 5.23. The molecular formula is C23H16F4O5. The van der Waals surface area contributed by atoms with E-state index in [0.29, 0.717) is 0 Å². The normalized spacial score (nSPS) is 17.8. The van der Waals surface area contributed by atoms with Crippen LogP contribution in [0.2, 0.25) is 0 Å². The molecule has 5 nitrogen and oxygen atoms in total. The number of hydrogen-bond donors (Lipinski definition) is 3. The van der Waals surface area contributed by atoms with Gasteiger partial charge in [0.25, 0.3) is 0 Å². The first-order chi connectivity index (χ1) is 15.0. The molecule has 1 fully saturated rings. The number of Topliss-reactive ketones (excluding diaryl/α,β-unsaturated/α-hetero) is 1. The topological polar surface area (TPSA) is 87.0 Å². The molecule has 4 rings (SSSR count). The van der Waals surface area contributed by atoms with Gasteiger partial charge in [-0.3, -0.25) is 4.79 Å². The van der Waals surface area contributed by atoms with Crippen LogP contribution in [0, 0.1) is 11.7 Å². The summed E-state index contributed by atoms with van der Waals surface area (Å²) in [5.74, 6) is -4.60. The number of hydrogen-bond acceptors (Lipinski definition) is 5. The first-order valence-electron chi connectivity index (χ1n) is 9.48. The summed E-state index contributed by atoms with van der Waals surface area (Å²) in [5.41, 5.74) is -1.53. The maximum absolute atomic E-state index is 13.7. The van der Waals surface area contributed by atoms with Gasteiger partial charge >= 0.3 is 6.18 Å². The van der Waals surface area contributed by atoms with E-state index in [9.17, 15) is 37.7 Å². The van der Waals surface area contributed by atoms with E-state index in [1.807, 2.05) is 0 Å². The van der Waals surface area contributed by atoms with E-state index in [0.717, 1.165) is 30.3 Å². The van der Waals surface area contributed by atoms with Crippen LogP contribution in [-0.2, 0) is 6.18 Å². The summed E-state index contributed by atoms with van der Waals surface area (Å²) in [6.07, 6.45) is -4.63. The number of alkyl halides is 3. The maximum atomic E-state index is 13.7. The molecule has 0 radical (unpaired) electrons. The van der Waals surface area contributed by atoms with Crippen LogP contribution in [0.3, 0.4) is 0 Å². The Morgan fingerprint density at radius 2 is 1.50 bits per heavy atom. The molecule has 1 saturated carbocycles. The summed E-state index contributed by atoms with van der Waals surface area (Å²) in [5, 5.41) is 29.2. The molecule has 166 valence electrons. The molecule has 1 aliphatic carbocycles. The number of carbonyl (C=O) groups is 1. The third kappa shape index (κ3) is 4.18. The van der Waals surface area contributed by atoms with Gasteiger partial charge in [0.1, 0.15) is 40.1 Å². The highest BCUT2D eigenvalue weighted by atomic mass is 19.4. The molecule has 0 aliphatic heterocycles. The molecule has 9 heteroatoms. The van der Waals surface area contributed by atoms with E-state index in [-0.39, 0.29) is 23.5 Å². The number of phenols is 3. The average Bonchev–Trinajstić information content (AvgIpc) is 3.49. The first-order valence-corrected chi connectivity index (χ1v) is 9.48.